The van der Waals surface area contributed by atoms with Crippen molar-refractivity contribution in [2.45, 2.75) is 30.2 Å². The lowest BCUT2D eigenvalue weighted by atomic mass is 10.2. The van der Waals surface area contributed by atoms with Crippen LogP contribution in [0.15, 0.2) is 16.3 Å². The van der Waals surface area contributed by atoms with E-state index < -0.39 is 10.0 Å². The van der Waals surface area contributed by atoms with Gasteiger partial charge >= 0.3 is 0 Å². The Kier molecular flexibility index (Phi) is 4.08. The molecule has 1 aliphatic rings. The summed E-state index contributed by atoms with van der Waals surface area (Å²) in [6.45, 7) is 4.85. The number of thiophene rings is 1. The van der Waals surface area contributed by atoms with Crippen molar-refractivity contribution in [3.63, 3.8) is 0 Å². The molecule has 0 aliphatic carbocycles. The van der Waals surface area contributed by atoms with Gasteiger partial charge in [-0.2, -0.15) is 4.31 Å². The monoisotopic (exact) mass is 290 g/mol. The number of aryl methyl sites for hydroxylation is 1. The number of ether oxygens (including phenoxy) is 1. The van der Waals surface area contributed by atoms with Gasteiger partial charge in [-0.1, -0.05) is 0 Å². The Labute approximate surface area is 112 Å². The maximum absolute atomic E-state index is 12.4. The third-order valence-corrected chi connectivity index (χ3v) is 6.29. The Hall–Kier alpha value is -0.470. The lowest BCUT2D eigenvalue weighted by Crippen LogP contribution is -2.51. The zero-order valence-corrected chi connectivity index (χ0v) is 12.1. The number of morpholine rings is 1. The van der Waals surface area contributed by atoms with E-state index in [2.05, 4.69) is 0 Å². The van der Waals surface area contributed by atoms with E-state index in [1.54, 1.807) is 6.07 Å². The van der Waals surface area contributed by atoms with Gasteiger partial charge in [0.1, 0.15) is 4.21 Å². The quantitative estimate of drug-likeness (QED) is 0.893. The van der Waals surface area contributed by atoms with Gasteiger partial charge in [0.2, 0.25) is 0 Å². The summed E-state index contributed by atoms with van der Waals surface area (Å²) in [6.07, 6.45) is -0.227. The smallest absolute Gasteiger partial charge is 0.252 e. The summed E-state index contributed by atoms with van der Waals surface area (Å²) in [6, 6.07) is 3.31. The molecule has 1 fully saturated rings. The molecule has 5 nitrogen and oxygen atoms in total. The molecule has 0 radical (unpaired) electrons. The predicted molar refractivity (Wildman–Crippen MR) is 71.2 cm³/mol. The molecule has 7 heteroatoms. The number of hydrogen-bond acceptors (Lipinski definition) is 5. The highest BCUT2D eigenvalue weighted by Crippen LogP contribution is 2.25. The molecule has 0 bridgehead atoms. The fourth-order valence-electron chi connectivity index (χ4n) is 1.86. The fourth-order valence-corrected chi connectivity index (χ4v) is 4.74. The van der Waals surface area contributed by atoms with Gasteiger partial charge in [0.05, 0.1) is 12.7 Å². The second kappa shape index (κ2) is 5.26. The summed E-state index contributed by atoms with van der Waals surface area (Å²) in [4.78, 5) is 0.991. The van der Waals surface area contributed by atoms with E-state index in [9.17, 15) is 8.42 Å². The second-order valence-electron chi connectivity index (χ2n) is 4.50. The number of sulfonamides is 1. The van der Waals surface area contributed by atoms with Crippen LogP contribution in [0.25, 0.3) is 0 Å². The predicted octanol–water partition coefficient (Wildman–Crippen LogP) is 0.793. The van der Waals surface area contributed by atoms with Crippen LogP contribution in [0.4, 0.5) is 0 Å². The molecule has 2 atom stereocenters. The first-order valence-electron chi connectivity index (χ1n) is 5.85. The zero-order chi connectivity index (χ0) is 13.3. The molecule has 0 spiro atoms. The summed E-state index contributed by atoms with van der Waals surface area (Å²) >= 11 is 1.30. The van der Waals surface area contributed by atoms with E-state index in [1.165, 1.54) is 15.6 Å². The molecule has 2 rings (SSSR count). The third kappa shape index (κ3) is 2.75. The SMILES string of the molecule is Cc1ccc(S(=O)(=O)N2CCOC(C(C)N)C2)s1. The number of nitrogens with zero attached hydrogens (tertiary/aromatic N) is 1. The van der Waals surface area contributed by atoms with Crippen molar-refractivity contribution >= 4 is 21.4 Å². The number of nitrogens with two attached hydrogens (primary N) is 1. The standard InChI is InChI=1S/C11H18N2O3S2/c1-8-3-4-11(17-8)18(14,15)13-5-6-16-10(7-13)9(2)12/h3-4,9-10H,5-7,12H2,1-2H3. The Morgan fingerprint density at radius 3 is 2.83 bits per heavy atom. The molecule has 18 heavy (non-hydrogen) atoms. The average molecular weight is 290 g/mol. The summed E-state index contributed by atoms with van der Waals surface area (Å²) in [7, 11) is -3.39. The normalized spacial score (nSPS) is 24.1. The molecule has 2 heterocycles. The molecule has 1 aromatic rings. The van der Waals surface area contributed by atoms with Gasteiger partial charge in [-0.15, -0.1) is 11.3 Å². The molecule has 1 aliphatic heterocycles. The van der Waals surface area contributed by atoms with Crippen molar-refractivity contribution < 1.29 is 13.2 Å². The molecule has 1 aromatic heterocycles. The maximum atomic E-state index is 12.4. The van der Waals surface area contributed by atoms with Crippen LogP contribution >= 0.6 is 11.3 Å². The average Bonchev–Trinajstić information content (AvgIpc) is 2.77. The van der Waals surface area contributed by atoms with Crippen LogP contribution < -0.4 is 5.73 Å². The van der Waals surface area contributed by atoms with Gasteiger partial charge in [0.15, 0.2) is 0 Å². The molecule has 0 saturated carbocycles. The van der Waals surface area contributed by atoms with Gasteiger partial charge in [-0.25, -0.2) is 8.42 Å². The van der Waals surface area contributed by atoms with Gasteiger partial charge in [0, 0.05) is 24.0 Å². The highest BCUT2D eigenvalue weighted by atomic mass is 32.2. The molecular formula is C11H18N2O3S2. The molecular weight excluding hydrogens is 272 g/mol. The van der Waals surface area contributed by atoms with Crippen molar-refractivity contribution in [2.24, 2.45) is 5.73 Å². The molecule has 0 aromatic carbocycles. The van der Waals surface area contributed by atoms with E-state index in [4.69, 9.17) is 10.5 Å². The summed E-state index contributed by atoms with van der Waals surface area (Å²) in [5.41, 5.74) is 5.77. The Bertz CT molecular complexity index is 510. The molecule has 102 valence electrons. The fraction of sp³-hybridized carbons (Fsp3) is 0.636. The van der Waals surface area contributed by atoms with Crippen molar-refractivity contribution in [2.75, 3.05) is 19.7 Å². The van der Waals surface area contributed by atoms with Crippen LogP contribution in [-0.2, 0) is 14.8 Å². The van der Waals surface area contributed by atoms with Crippen LogP contribution in [-0.4, -0.2) is 44.6 Å². The largest absolute Gasteiger partial charge is 0.374 e. The molecule has 2 unspecified atom stereocenters. The summed E-state index contributed by atoms with van der Waals surface area (Å²) in [5.74, 6) is 0. The minimum Gasteiger partial charge on any atom is -0.374 e. The zero-order valence-electron chi connectivity index (χ0n) is 10.5. The summed E-state index contributed by atoms with van der Waals surface area (Å²) in [5, 5.41) is 0. The number of hydrogen-bond donors (Lipinski definition) is 1. The lowest BCUT2D eigenvalue weighted by molar-refractivity contribution is -0.0119. The third-order valence-electron chi connectivity index (χ3n) is 2.95. The number of rotatable bonds is 3. The van der Waals surface area contributed by atoms with Gasteiger partial charge in [-0.05, 0) is 26.0 Å². The minimum absolute atomic E-state index is 0.173. The van der Waals surface area contributed by atoms with Crippen LogP contribution in [0.5, 0.6) is 0 Å². The van der Waals surface area contributed by atoms with Crippen molar-refractivity contribution in [3.05, 3.63) is 17.0 Å². The highest BCUT2D eigenvalue weighted by Gasteiger charge is 2.32. The molecule has 2 N–H and O–H groups in total. The van der Waals surface area contributed by atoms with Crippen molar-refractivity contribution in [3.8, 4) is 0 Å². The maximum Gasteiger partial charge on any atom is 0.252 e. The highest BCUT2D eigenvalue weighted by molar-refractivity contribution is 7.91. The van der Waals surface area contributed by atoms with Crippen LogP contribution in [0.3, 0.4) is 0 Å². The van der Waals surface area contributed by atoms with Crippen LogP contribution in [0.2, 0.25) is 0 Å². The first-order chi connectivity index (χ1) is 8.41. The first kappa shape index (κ1) is 14.0. The van der Waals surface area contributed by atoms with E-state index in [0.717, 1.165) is 4.88 Å². The van der Waals surface area contributed by atoms with Crippen LogP contribution in [0.1, 0.15) is 11.8 Å². The van der Waals surface area contributed by atoms with E-state index in [0.29, 0.717) is 23.9 Å². The van der Waals surface area contributed by atoms with Crippen molar-refractivity contribution in [1.82, 2.24) is 4.31 Å². The Morgan fingerprint density at radius 1 is 1.56 bits per heavy atom. The second-order valence-corrected chi connectivity index (χ2v) is 7.95. The van der Waals surface area contributed by atoms with Gasteiger partial charge < -0.3 is 10.5 Å². The molecule has 0 amide bonds. The van der Waals surface area contributed by atoms with E-state index >= 15 is 0 Å². The van der Waals surface area contributed by atoms with Gasteiger partial charge in [0.25, 0.3) is 10.0 Å². The van der Waals surface area contributed by atoms with Crippen LogP contribution in [0, 0.1) is 6.92 Å². The topological polar surface area (TPSA) is 72.6 Å². The minimum atomic E-state index is -3.39. The molecule has 1 saturated heterocycles. The first-order valence-corrected chi connectivity index (χ1v) is 8.10. The Morgan fingerprint density at radius 2 is 2.28 bits per heavy atom. The van der Waals surface area contributed by atoms with Crippen molar-refractivity contribution in [1.29, 1.82) is 0 Å². The van der Waals surface area contributed by atoms with E-state index in [-0.39, 0.29) is 12.1 Å². The van der Waals surface area contributed by atoms with E-state index in [1.807, 2.05) is 19.9 Å². The van der Waals surface area contributed by atoms with Gasteiger partial charge in [-0.3, -0.25) is 0 Å². The Balaban J connectivity index is 2.20. The lowest BCUT2D eigenvalue weighted by Gasteiger charge is -2.33. The summed E-state index contributed by atoms with van der Waals surface area (Å²) < 4.78 is 32.2.